The minimum atomic E-state index is -0.317. The Labute approximate surface area is 152 Å². The minimum Gasteiger partial charge on any atom is -0.506 e. The zero-order chi connectivity index (χ0) is 18.2. The fraction of sp³-hybridized carbons (Fsp3) is 0.368. The fourth-order valence-electron chi connectivity index (χ4n) is 2.70. The molecule has 7 heteroatoms. The first-order valence-electron chi connectivity index (χ1n) is 8.62. The molecule has 26 heavy (non-hydrogen) atoms. The van der Waals surface area contributed by atoms with E-state index in [2.05, 4.69) is 10.3 Å². The smallest absolute Gasteiger partial charge is 0.410 e. The highest BCUT2D eigenvalue weighted by Gasteiger charge is 2.25. The van der Waals surface area contributed by atoms with Crippen LogP contribution in [0, 0.1) is 0 Å². The second-order valence-corrected chi connectivity index (χ2v) is 6.12. The maximum atomic E-state index is 12.2. The molecule has 1 unspecified atom stereocenters. The molecular weight excluding hydrogens is 334 g/mol. The molecule has 1 fully saturated rings. The highest BCUT2D eigenvalue weighted by molar-refractivity contribution is 5.67. The second-order valence-electron chi connectivity index (χ2n) is 6.12. The quantitative estimate of drug-likeness (QED) is 0.822. The molecule has 1 amide bonds. The number of pyridine rings is 1. The largest absolute Gasteiger partial charge is 0.506 e. The number of nitrogens with zero attached hydrogens (tertiary/aromatic N) is 2. The van der Waals surface area contributed by atoms with E-state index in [0.717, 1.165) is 11.3 Å². The molecular formula is C19H23N3O4. The van der Waals surface area contributed by atoms with Gasteiger partial charge in [0.2, 0.25) is 0 Å². The summed E-state index contributed by atoms with van der Waals surface area (Å²) in [4.78, 5) is 18.0. The molecule has 2 aromatic rings. The van der Waals surface area contributed by atoms with Gasteiger partial charge in [-0.1, -0.05) is 30.3 Å². The monoisotopic (exact) mass is 357 g/mol. The minimum absolute atomic E-state index is 0.0925. The van der Waals surface area contributed by atoms with Crippen LogP contribution in [-0.2, 0) is 22.6 Å². The molecule has 3 rings (SSSR count). The second kappa shape index (κ2) is 9.17. The molecule has 0 aliphatic carbocycles. The van der Waals surface area contributed by atoms with E-state index in [1.54, 1.807) is 17.0 Å². The van der Waals surface area contributed by atoms with Crippen molar-refractivity contribution in [1.82, 2.24) is 15.2 Å². The molecule has 2 N–H and O–H groups in total. The van der Waals surface area contributed by atoms with Gasteiger partial charge in [0.25, 0.3) is 0 Å². The maximum absolute atomic E-state index is 12.2. The number of aromatic nitrogens is 1. The number of amides is 1. The Bertz CT molecular complexity index is 694. The molecule has 1 atom stereocenters. The van der Waals surface area contributed by atoms with Gasteiger partial charge in [0.1, 0.15) is 12.4 Å². The number of aromatic hydroxyl groups is 1. The van der Waals surface area contributed by atoms with E-state index in [1.807, 2.05) is 30.3 Å². The van der Waals surface area contributed by atoms with Gasteiger partial charge < -0.3 is 24.8 Å². The van der Waals surface area contributed by atoms with Crippen molar-refractivity contribution in [3.63, 3.8) is 0 Å². The summed E-state index contributed by atoms with van der Waals surface area (Å²) in [5.41, 5.74) is 1.80. The highest BCUT2D eigenvalue weighted by atomic mass is 16.6. The standard InChI is InChI=1S/C19H23N3O4/c23-17-7-6-16(21-11-17)10-20-12-18-13-22(8-9-25-18)19(24)26-14-15-4-2-1-3-5-15/h1-7,11,18,20,23H,8-10,12-14H2. The summed E-state index contributed by atoms with van der Waals surface area (Å²) in [5.74, 6) is 0.147. The van der Waals surface area contributed by atoms with Crippen LogP contribution in [0.2, 0.25) is 0 Å². The Hall–Kier alpha value is -2.64. The molecule has 1 aliphatic rings. The predicted octanol–water partition coefficient (Wildman–Crippen LogP) is 1.91. The summed E-state index contributed by atoms with van der Waals surface area (Å²) >= 11 is 0. The summed E-state index contributed by atoms with van der Waals surface area (Å²) in [6, 6.07) is 13.0. The van der Waals surface area contributed by atoms with Crippen LogP contribution in [0.1, 0.15) is 11.3 Å². The van der Waals surface area contributed by atoms with Crippen molar-refractivity contribution in [3.05, 3.63) is 59.9 Å². The van der Waals surface area contributed by atoms with Crippen LogP contribution in [0.25, 0.3) is 0 Å². The van der Waals surface area contributed by atoms with E-state index in [9.17, 15) is 9.90 Å². The number of ether oxygens (including phenoxy) is 2. The van der Waals surface area contributed by atoms with Crippen LogP contribution in [-0.4, -0.2) is 53.4 Å². The van der Waals surface area contributed by atoms with Crippen molar-refractivity contribution in [2.24, 2.45) is 0 Å². The number of nitrogens with one attached hydrogen (secondary N) is 1. The molecule has 0 radical (unpaired) electrons. The number of carbonyl (C=O) groups is 1. The zero-order valence-corrected chi connectivity index (χ0v) is 14.5. The summed E-state index contributed by atoms with van der Waals surface area (Å²) in [7, 11) is 0. The van der Waals surface area contributed by atoms with Gasteiger partial charge in [-0.2, -0.15) is 0 Å². The first kappa shape index (κ1) is 18.2. The average Bonchev–Trinajstić information content (AvgIpc) is 2.69. The molecule has 1 aromatic heterocycles. The number of morpholine rings is 1. The first-order chi connectivity index (χ1) is 12.7. The highest BCUT2D eigenvalue weighted by Crippen LogP contribution is 2.09. The number of benzene rings is 1. The van der Waals surface area contributed by atoms with Gasteiger partial charge in [-0.15, -0.1) is 0 Å². The normalized spacial score (nSPS) is 17.1. The van der Waals surface area contributed by atoms with Crippen molar-refractivity contribution in [2.45, 2.75) is 19.3 Å². The lowest BCUT2D eigenvalue weighted by molar-refractivity contribution is -0.0271. The van der Waals surface area contributed by atoms with Gasteiger partial charge >= 0.3 is 6.09 Å². The molecule has 7 nitrogen and oxygen atoms in total. The number of hydrogen-bond acceptors (Lipinski definition) is 6. The summed E-state index contributed by atoms with van der Waals surface area (Å²) < 4.78 is 11.1. The van der Waals surface area contributed by atoms with Crippen LogP contribution in [0.4, 0.5) is 4.79 Å². The van der Waals surface area contributed by atoms with Crippen molar-refractivity contribution in [3.8, 4) is 5.75 Å². The van der Waals surface area contributed by atoms with Gasteiger partial charge in [-0.3, -0.25) is 4.98 Å². The van der Waals surface area contributed by atoms with E-state index in [0.29, 0.717) is 32.8 Å². The van der Waals surface area contributed by atoms with Crippen molar-refractivity contribution >= 4 is 6.09 Å². The Morgan fingerprint density at radius 1 is 1.31 bits per heavy atom. The Kier molecular flexibility index (Phi) is 6.40. The molecule has 0 bridgehead atoms. The van der Waals surface area contributed by atoms with Crippen LogP contribution in [0.5, 0.6) is 5.75 Å². The van der Waals surface area contributed by atoms with E-state index in [4.69, 9.17) is 9.47 Å². The molecule has 1 aromatic carbocycles. The van der Waals surface area contributed by atoms with Crippen molar-refractivity contribution in [1.29, 1.82) is 0 Å². The fourth-order valence-corrected chi connectivity index (χ4v) is 2.70. The SMILES string of the molecule is O=C(OCc1ccccc1)N1CCOC(CNCc2ccc(O)cn2)C1. The van der Waals surface area contributed by atoms with E-state index in [1.165, 1.54) is 6.20 Å². The summed E-state index contributed by atoms with van der Waals surface area (Å²) in [5, 5.41) is 12.5. The lowest BCUT2D eigenvalue weighted by Gasteiger charge is -2.32. The average molecular weight is 357 g/mol. The molecule has 0 saturated carbocycles. The van der Waals surface area contributed by atoms with Gasteiger partial charge in [-0.05, 0) is 17.7 Å². The van der Waals surface area contributed by atoms with Crippen molar-refractivity contribution in [2.75, 3.05) is 26.2 Å². The first-order valence-corrected chi connectivity index (χ1v) is 8.62. The third-order valence-corrected chi connectivity index (χ3v) is 4.09. The summed E-state index contributed by atoms with van der Waals surface area (Å²) in [6.07, 6.45) is 1.01. The van der Waals surface area contributed by atoms with E-state index >= 15 is 0 Å². The van der Waals surface area contributed by atoms with Crippen molar-refractivity contribution < 1.29 is 19.4 Å². The van der Waals surface area contributed by atoms with Gasteiger partial charge in [-0.25, -0.2) is 4.79 Å². The maximum Gasteiger partial charge on any atom is 0.410 e. The van der Waals surface area contributed by atoms with Crippen LogP contribution in [0.3, 0.4) is 0 Å². The van der Waals surface area contributed by atoms with Crippen LogP contribution in [0.15, 0.2) is 48.7 Å². The predicted molar refractivity (Wildman–Crippen MR) is 95.5 cm³/mol. The number of rotatable bonds is 6. The molecule has 138 valence electrons. The number of hydrogen-bond donors (Lipinski definition) is 2. The topological polar surface area (TPSA) is 83.9 Å². The van der Waals surface area contributed by atoms with E-state index in [-0.39, 0.29) is 24.6 Å². The Balaban J connectivity index is 1.40. The molecule has 0 spiro atoms. The number of carbonyl (C=O) groups excluding carboxylic acids is 1. The lowest BCUT2D eigenvalue weighted by atomic mass is 10.2. The molecule has 2 heterocycles. The third-order valence-electron chi connectivity index (χ3n) is 4.09. The molecule has 1 aliphatic heterocycles. The van der Waals surface area contributed by atoms with E-state index < -0.39 is 0 Å². The summed E-state index contributed by atoms with van der Waals surface area (Å²) in [6.45, 7) is 2.95. The Morgan fingerprint density at radius 3 is 2.92 bits per heavy atom. The zero-order valence-electron chi connectivity index (χ0n) is 14.5. The third kappa shape index (κ3) is 5.44. The van der Waals surface area contributed by atoms with Gasteiger partial charge in [0.05, 0.1) is 31.1 Å². The van der Waals surface area contributed by atoms with Crippen LogP contribution >= 0.6 is 0 Å². The Morgan fingerprint density at radius 2 is 2.15 bits per heavy atom. The molecule has 1 saturated heterocycles. The van der Waals surface area contributed by atoms with Gasteiger partial charge in [0.15, 0.2) is 0 Å². The lowest BCUT2D eigenvalue weighted by Crippen LogP contribution is -2.49. The van der Waals surface area contributed by atoms with Crippen LogP contribution < -0.4 is 5.32 Å². The van der Waals surface area contributed by atoms with Gasteiger partial charge in [0, 0.05) is 19.6 Å².